The molecule has 1 aromatic rings. The molecule has 1 aliphatic rings. The van der Waals surface area contributed by atoms with Crippen LogP contribution in [0.25, 0.3) is 0 Å². The van der Waals surface area contributed by atoms with Gasteiger partial charge in [-0.3, -0.25) is 34.0 Å². The minimum absolute atomic E-state index is 0.0592. The van der Waals surface area contributed by atoms with Crippen molar-refractivity contribution in [2.24, 2.45) is 0 Å². The van der Waals surface area contributed by atoms with Crippen LogP contribution in [0.2, 0.25) is 0 Å². The number of carboxylic acid groups (broad SMARTS) is 2. The first-order valence-corrected chi connectivity index (χ1v) is 18.4. The van der Waals surface area contributed by atoms with E-state index in [4.69, 9.17) is 10.2 Å². The third kappa shape index (κ3) is 15.9. The van der Waals surface area contributed by atoms with Crippen molar-refractivity contribution in [2.75, 3.05) is 53.0 Å². The molecule has 1 aromatic heterocycles. The molecule has 21 nitrogen and oxygen atoms in total. The molecule has 0 radical (unpaired) electrons. The fourth-order valence-corrected chi connectivity index (χ4v) is 6.17. The number of carbonyl (C=O) groups excluding carboxylic acids is 2. The van der Waals surface area contributed by atoms with E-state index >= 15 is 0 Å². The Kier molecular flexibility index (Phi) is 21.4. The Balaban J connectivity index is 2.11. The number of aliphatic hydroxyl groups excluding tert-OH is 10. The standard InChI is InChI=1S/C35H59N5O16/c1-38-11-13-39(23(34(53)54)7-5-22(43)6-9-25(44)30(49)32(51)27(46)18-41)16-20-3-2-4-21(37-20)17-40(14-12-38)24(35(55)56)8-10-29(48)36-15-26(45)31(50)33(52)28(47)19-42/h2-4,23-28,30-33,41-42,44-47,49-52H,5-19H2,1H3,(H,36,48)(H,53,54)(H,55,56)/t23?,24?,25-,26-,27+,28+,30+,31+,32+,33+/m0/s1. The monoisotopic (exact) mass is 805 g/mol. The summed E-state index contributed by atoms with van der Waals surface area (Å²) in [6.07, 6.45) is -15.3. The maximum atomic E-state index is 12.7. The van der Waals surface area contributed by atoms with Crippen LogP contribution < -0.4 is 5.32 Å². The molecular formula is C35H59N5O16. The predicted molar refractivity (Wildman–Crippen MR) is 193 cm³/mol. The van der Waals surface area contributed by atoms with E-state index in [0.717, 1.165) is 0 Å². The van der Waals surface area contributed by atoms with Crippen LogP contribution in [0.4, 0.5) is 0 Å². The Bertz CT molecular complexity index is 1280. The Morgan fingerprint density at radius 3 is 1.54 bits per heavy atom. The lowest BCUT2D eigenvalue weighted by molar-refractivity contribution is -0.145. The largest absolute Gasteiger partial charge is 0.480 e. The van der Waals surface area contributed by atoms with E-state index in [-0.39, 0.29) is 64.7 Å². The van der Waals surface area contributed by atoms with Crippen molar-refractivity contribution in [1.29, 1.82) is 0 Å². The summed E-state index contributed by atoms with van der Waals surface area (Å²) in [5, 5.41) is 119. The van der Waals surface area contributed by atoms with Crippen molar-refractivity contribution >= 4 is 23.6 Å². The molecule has 320 valence electrons. The Morgan fingerprint density at radius 2 is 1.07 bits per heavy atom. The van der Waals surface area contributed by atoms with Gasteiger partial charge in [-0.2, -0.15) is 0 Å². The number of pyridine rings is 1. The number of fused-ring (bicyclic) bond motifs is 2. The summed E-state index contributed by atoms with van der Waals surface area (Å²) in [6, 6.07) is 2.80. The molecule has 2 unspecified atom stereocenters. The third-order valence-electron chi connectivity index (χ3n) is 9.80. The fourth-order valence-electron chi connectivity index (χ4n) is 6.17. The van der Waals surface area contributed by atoms with Crippen LogP contribution in [0.1, 0.15) is 49.9 Å². The zero-order valence-corrected chi connectivity index (χ0v) is 31.4. The Hall–Kier alpha value is -3.29. The maximum Gasteiger partial charge on any atom is 0.320 e. The lowest BCUT2D eigenvalue weighted by atomic mass is 9.97. The molecule has 0 aliphatic carbocycles. The van der Waals surface area contributed by atoms with Gasteiger partial charge in [0.1, 0.15) is 54.5 Å². The second-order valence-corrected chi connectivity index (χ2v) is 14.1. The zero-order chi connectivity index (χ0) is 42.1. The van der Waals surface area contributed by atoms with Gasteiger partial charge in [0, 0.05) is 65.1 Å². The van der Waals surface area contributed by atoms with Gasteiger partial charge in [0.15, 0.2) is 0 Å². The molecule has 1 amide bonds. The van der Waals surface area contributed by atoms with Crippen molar-refractivity contribution in [3.8, 4) is 0 Å². The second kappa shape index (κ2) is 24.5. The first-order chi connectivity index (χ1) is 26.4. The van der Waals surface area contributed by atoms with Gasteiger partial charge >= 0.3 is 11.9 Å². The predicted octanol–water partition coefficient (Wildman–Crippen LogP) is -5.56. The summed E-state index contributed by atoms with van der Waals surface area (Å²) in [5.41, 5.74) is 0.953. The molecule has 0 saturated carbocycles. The lowest BCUT2D eigenvalue weighted by Gasteiger charge is -2.33. The van der Waals surface area contributed by atoms with Gasteiger partial charge < -0.3 is 71.5 Å². The van der Waals surface area contributed by atoms with Gasteiger partial charge in [0.05, 0.1) is 36.8 Å². The average molecular weight is 806 g/mol. The number of carbonyl (C=O) groups is 4. The maximum absolute atomic E-state index is 12.7. The average Bonchev–Trinajstić information content (AvgIpc) is 3.17. The van der Waals surface area contributed by atoms with Gasteiger partial charge in [-0.05, 0) is 38.4 Å². The number of ketones is 1. The molecule has 21 heteroatoms. The summed E-state index contributed by atoms with van der Waals surface area (Å²) >= 11 is 0. The number of likely N-dealkylation sites (N-methyl/N-ethyl adjacent to an activating group) is 1. The number of Topliss-reactive ketones (excluding diaryl/α,β-unsaturated/α-hetero) is 1. The third-order valence-corrected chi connectivity index (χ3v) is 9.80. The molecule has 2 heterocycles. The number of hydrogen-bond donors (Lipinski definition) is 13. The number of aromatic nitrogens is 1. The fraction of sp³-hybridized carbons (Fsp3) is 0.743. The topological polar surface area (TPSA) is 346 Å². The van der Waals surface area contributed by atoms with Gasteiger partial charge in [-0.1, -0.05) is 6.07 Å². The van der Waals surface area contributed by atoms with Crippen molar-refractivity contribution in [2.45, 2.75) is 113 Å². The minimum atomic E-state index is -1.88. The van der Waals surface area contributed by atoms with Crippen molar-refractivity contribution < 1.29 is 80.5 Å². The van der Waals surface area contributed by atoms with Gasteiger partial charge in [0.25, 0.3) is 0 Å². The number of amides is 1. The summed E-state index contributed by atoms with van der Waals surface area (Å²) in [4.78, 5) is 60.2. The first-order valence-electron chi connectivity index (χ1n) is 18.4. The molecule has 0 saturated heterocycles. The van der Waals surface area contributed by atoms with Gasteiger partial charge in [-0.25, -0.2) is 0 Å². The molecule has 0 aromatic carbocycles. The molecule has 0 spiro atoms. The van der Waals surface area contributed by atoms with E-state index in [2.05, 4.69) is 10.3 Å². The SMILES string of the molecule is CN1CCN(C(CCC(=O)CC[C@H](O)[C@@H](O)[C@H](O)[C@H](O)CO)C(=O)O)Cc2cccc(n2)CN(C(CCC(=O)NC[C@H](O)[C@@H](O)[C@H](O)[C@H](O)CO)C(=O)O)CC1. The number of aliphatic carboxylic acids is 2. The second-order valence-electron chi connectivity index (χ2n) is 14.1. The minimum Gasteiger partial charge on any atom is -0.480 e. The van der Waals surface area contributed by atoms with Crippen molar-refractivity contribution in [1.82, 2.24) is 25.0 Å². The van der Waals surface area contributed by atoms with E-state index < -0.39 is 104 Å². The molecule has 56 heavy (non-hydrogen) atoms. The normalized spacial score (nSPS) is 20.5. The first kappa shape index (κ1) is 48.9. The number of nitrogens with one attached hydrogen (secondary N) is 1. The van der Waals surface area contributed by atoms with Crippen molar-refractivity contribution in [3.63, 3.8) is 0 Å². The van der Waals surface area contributed by atoms with E-state index in [1.807, 2.05) is 4.90 Å². The zero-order valence-electron chi connectivity index (χ0n) is 31.4. The summed E-state index contributed by atoms with van der Waals surface area (Å²) < 4.78 is 0. The Labute approximate surface area is 324 Å². The number of aliphatic hydroxyl groups is 10. The molecule has 10 atom stereocenters. The van der Waals surface area contributed by atoms with Crippen LogP contribution in [0.5, 0.6) is 0 Å². The van der Waals surface area contributed by atoms with Gasteiger partial charge in [0.2, 0.25) is 5.91 Å². The molecule has 0 fully saturated rings. The Morgan fingerprint density at radius 1 is 0.643 bits per heavy atom. The highest BCUT2D eigenvalue weighted by molar-refractivity contribution is 5.80. The van der Waals surface area contributed by atoms with E-state index in [1.165, 1.54) is 0 Å². The van der Waals surface area contributed by atoms with Crippen LogP contribution >= 0.6 is 0 Å². The quantitative estimate of drug-likeness (QED) is 0.0490. The van der Waals surface area contributed by atoms with Gasteiger partial charge in [-0.15, -0.1) is 0 Å². The van der Waals surface area contributed by atoms with Crippen LogP contribution in [0.3, 0.4) is 0 Å². The number of rotatable bonds is 23. The summed E-state index contributed by atoms with van der Waals surface area (Å²) in [5.74, 6) is -3.42. The highest BCUT2D eigenvalue weighted by Crippen LogP contribution is 2.19. The molecule has 1 aliphatic heterocycles. The summed E-state index contributed by atoms with van der Waals surface area (Å²) in [7, 11) is 1.77. The molecule has 2 rings (SSSR count). The molecular weight excluding hydrogens is 746 g/mol. The van der Waals surface area contributed by atoms with Crippen LogP contribution in [-0.2, 0) is 32.3 Å². The van der Waals surface area contributed by atoms with E-state index in [9.17, 15) is 70.2 Å². The lowest BCUT2D eigenvalue weighted by Crippen LogP contribution is -2.50. The highest BCUT2D eigenvalue weighted by atomic mass is 16.4. The molecule has 2 bridgehead atoms. The number of hydrogen-bond acceptors (Lipinski definition) is 18. The van der Waals surface area contributed by atoms with E-state index in [1.54, 1.807) is 35.0 Å². The highest BCUT2D eigenvalue weighted by Gasteiger charge is 2.33. The van der Waals surface area contributed by atoms with Crippen LogP contribution in [0.15, 0.2) is 18.2 Å². The summed E-state index contributed by atoms with van der Waals surface area (Å²) in [6.45, 7) is -0.990. The van der Waals surface area contributed by atoms with Crippen LogP contribution in [-0.4, -0.2) is 218 Å². The number of carboxylic acids is 2. The molecule has 13 N–H and O–H groups in total. The van der Waals surface area contributed by atoms with Crippen molar-refractivity contribution in [3.05, 3.63) is 29.6 Å². The van der Waals surface area contributed by atoms with E-state index in [0.29, 0.717) is 24.5 Å². The number of nitrogens with zero attached hydrogens (tertiary/aromatic N) is 4. The van der Waals surface area contributed by atoms with Crippen LogP contribution in [0, 0.1) is 0 Å². The smallest absolute Gasteiger partial charge is 0.320 e.